The molecule has 1 N–H and O–H groups in total. The number of benzene rings is 1. The fourth-order valence-electron chi connectivity index (χ4n) is 2.90. The van der Waals surface area contributed by atoms with Gasteiger partial charge in [-0.15, -0.1) is 0 Å². The van der Waals surface area contributed by atoms with Crippen molar-refractivity contribution in [2.45, 2.75) is 45.2 Å². The van der Waals surface area contributed by atoms with Crippen molar-refractivity contribution >= 4 is 11.9 Å². The number of imide groups is 1. The molecule has 0 spiro atoms. The Morgan fingerprint density at radius 3 is 2.71 bits per heavy atom. The van der Waals surface area contributed by atoms with Crippen molar-refractivity contribution in [3.8, 4) is 0 Å². The third kappa shape index (κ3) is 3.15. The largest absolute Gasteiger partial charge is 0.337 e. The first-order chi connectivity index (χ1) is 11.5. The van der Waals surface area contributed by atoms with E-state index in [2.05, 4.69) is 15.5 Å². The zero-order valence-corrected chi connectivity index (χ0v) is 13.8. The van der Waals surface area contributed by atoms with E-state index in [1.54, 1.807) is 6.92 Å². The molecule has 0 saturated carbocycles. The van der Waals surface area contributed by atoms with Gasteiger partial charge in [0.05, 0.1) is 0 Å². The van der Waals surface area contributed by atoms with Crippen LogP contribution in [0, 0.1) is 0 Å². The van der Waals surface area contributed by atoms with Gasteiger partial charge in [0.25, 0.3) is 5.91 Å². The van der Waals surface area contributed by atoms with Gasteiger partial charge in [-0.25, -0.2) is 4.79 Å². The highest BCUT2D eigenvalue weighted by Crippen LogP contribution is 2.24. The van der Waals surface area contributed by atoms with Crippen LogP contribution in [0.1, 0.15) is 44.0 Å². The molecular weight excluding hydrogens is 308 g/mol. The van der Waals surface area contributed by atoms with E-state index in [9.17, 15) is 9.59 Å². The quantitative estimate of drug-likeness (QED) is 0.822. The van der Waals surface area contributed by atoms with Gasteiger partial charge in [0.2, 0.25) is 5.89 Å². The van der Waals surface area contributed by atoms with Gasteiger partial charge in [0.1, 0.15) is 12.1 Å². The van der Waals surface area contributed by atoms with Gasteiger partial charge in [-0.05, 0) is 18.9 Å². The Balaban J connectivity index is 1.69. The Labute approximate surface area is 140 Å². The van der Waals surface area contributed by atoms with Gasteiger partial charge in [0.15, 0.2) is 5.82 Å². The van der Waals surface area contributed by atoms with Gasteiger partial charge in [-0.2, -0.15) is 4.98 Å². The van der Waals surface area contributed by atoms with Gasteiger partial charge >= 0.3 is 6.03 Å². The van der Waals surface area contributed by atoms with Crippen LogP contribution in [0.3, 0.4) is 0 Å². The fourth-order valence-corrected chi connectivity index (χ4v) is 2.90. The molecule has 24 heavy (non-hydrogen) atoms. The van der Waals surface area contributed by atoms with E-state index in [1.807, 2.05) is 37.3 Å². The van der Waals surface area contributed by atoms with Crippen LogP contribution in [0.15, 0.2) is 34.9 Å². The molecule has 1 saturated heterocycles. The molecule has 0 radical (unpaired) electrons. The zero-order valence-electron chi connectivity index (χ0n) is 13.8. The molecule has 2 heterocycles. The lowest BCUT2D eigenvalue weighted by molar-refractivity contribution is -0.131. The van der Waals surface area contributed by atoms with E-state index in [-0.39, 0.29) is 18.3 Å². The van der Waals surface area contributed by atoms with Crippen LogP contribution in [0.2, 0.25) is 0 Å². The van der Waals surface area contributed by atoms with E-state index in [4.69, 9.17) is 4.52 Å². The summed E-state index contributed by atoms with van der Waals surface area (Å²) >= 11 is 0. The number of carbonyl (C=O) groups is 2. The fraction of sp³-hybridized carbons (Fsp3) is 0.412. The molecular formula is C17H20N4O3. The number of amides is 3. The second-order valence-electron chi connectivity index (χ2n) is 6.17. The number of nitrogens with zero attached hydrogens (tertiary/aromatic N) is 3. The van der Waals surface area contributed by atoms with Crippen molar-refractivity contribution in [1.29, 1.82) is 0 Å². The van der Waals surface area contributed by atoms with Gasteiger partial charge in [-0.3, -0.25) is 9.69 Å². The molecule has 1 aliphatic heterocycles. The Morgan fingerprint density at radius 1 is 1.25 bits per heavy atom. The lowest BCUT2D eigenvalue weighted by atomic mass is 9.96. The molecule has 1 aromatic heterocycles. The summed E-state index contributed by atoms with van der Waals surface area (Å²) in [6, 6.07) is 9.36. The standard InChI is InChI=1S/C17H20N4O3/c1-3-9-17(2)15(22)21(16(23)19-17)11-14-18-13(20-24-14)10-12-7-5-4-6-8-12/h4-8H,3,9-11H2,1-2H3,(H,19,23)/t17-/m1/s1. The summed E-state index contributed by atoms with van der Waals surface area (Å²) in [6.07, 6.45) is 1.94. The first-order valence-electron chi connectivity index (χ1n) is 8.01. The molecule has 3 rings (SSSR count). The summed E-state index contributed by atoms with van der Waals surface area (Å²) in [5.41, 5.74) is 0.217. The van der Waals surface area contributed by atoms with Crippen molar-refractivity contribution in [2.75, 3.05) is 0 Å². The molecule has 3 amide bonds. The molecule has 126 valence electrons. The predicted octanol–water partition coefficient (Wildman–Crippen LogP) is 2.27. The minimum atomic E-state index is -0.848. The van der Waals surface area contributed by atoms with Crippen LogP contribution >= 0.6 is 0 Å². The van der Waals surface area contributed by atoms with Crippen LogP contribution in [-0.4, -0.2) is 32.5 Å². The lowest BCUT2D eigenvalue weighted by Gasteiger charge is -2.20. The molecule has 0 aliphatic carbocycles. The topological polar surface area (TPSA) is 88.3 Å². The van der Waals surface area contributed by atoms with Crippen molar-refractivity contribution in [3.05, 3.63) is 47.6 Å². The van der Waals surface area contributed by atoms with E-state index >= 15 is 0 Å². The van der Waals surface area contributed by atoms with Gasteiger partial charge in [-0.1, -0.05) is 48.8 Å². The number of hydrogen-bond donors (Lipinski definition) is 1. The van der Waals surface area contributed by atoms with Crippen LogP contribution in [0.5, 0.6) is 0 Å². The minimum Gasteiger partial charge on any atom is -0.337 e. The second kappa shape index (κ2) is 6.43. The normalized spacial score (nSPS) is 20.5. The van der Waals surface area contributed by atoms with Crippen molar-refractivity contribution in [2.24, 2.45) is 0 Å². The SMILES string of the molecule is CCC[C@@]1(C)NC(=O)N(Cc2nc(Cc3ccccc3)no2)C1=O. The number of hydrogen-bond acceptors (Lipinski definition) is 5. The summed E-state index contributed by atoms with van der Waals surface area (Å²) in [6.45, 7) is 3.71. The van der Waals surface area contributed by atoms with Crippen LogP contribution in [0.4, 0.5) is 4.79 Å². The van der Waals surface area contributed by atoms with Crippen molar-refractivity contribution < 1.29 is 14.1 Å². The summed E-state index contributed by atoms with van der Waals surface area (Å²) in [7, 11) is 0. The Morgan fingerprint density at radius 2 is 2.00 bits per heavy atom. The van der Waals surface area contributed by atoms with Gasteiger partial charge < -0.3 is 9.84 Å². The smallest absolute Gasteiger partial charge is 0.325 e. The second-order valence-corrected chi connectivity index (χ2v) is 6.17. The molecule has 0 bridgehead atoms. The molecule has 1 atom stereocenters. The Hall–Kier alpha value is -2.70. The number of aromatic nitrogens is 2. The highest BCUT2D eigenvalue weighted by Gasteiger charge is 2.47. The summed E-state index contributed by atoms with van der Waals surface area (Å²) in [4.78, 5) is 30.0. The van der Waals surface area contributed by atoms with E-state index in [1.165, 1.54) is 0 Å². The highest BCUT2D eigenvalue weighted by molar-refractivity contribution is 6.06. The maximum Gasteiger partial charge on any atom is 0.325 e. The van der Waals surface area contributed by atoms with E-state index < -0.39 is 11.6 Å². The molecule has 7 heteroatoms. The number of carbonyl (C=O) groups excluding carboxylic acids is 2. The van der Waals surface area contributed by atoms with Crippen LogP contribution < -0.4 is 5.32 Å². The Kier molecular flexibility index (Phi) is 4.33. The monoisotopic (exact) mass is 328 g/mol. The van der Waals surface area contributed by atoms with E-state index in [0.717, 1.165) is 16.9 Å². The van der Waals surface area contributed by atoms with E-state index in [0.29, 0.717) is 18.7 Å². The maximum atomic E-state index is 12.5. The third-order valence-corrected chi connectivity index (χ3v) is 4.10. The predicted molar refractivity (Wildman–Crippen MR) is 85.9 cm³/mol. The highest BCUT2D eigenvalue weighted by atomic mass is 16.5. The maximum absolute atomic E-state index is 12.5. The molecule has 7 nitrogen and oxygen atoms in total. The molecule has 1 aromatic carbocycles. The zero-order chi connectivity index (χ0) is 17.2. The van der Waals surface area contributed by atoms with Gasteiger partial charge in [0, 0.05) is 6.42 Å². The number of rotatable bonds is 6. The third-order valence-electron chi connectivity index (χ3n) is 4.10. The lowest BCUT2D eigenvalue weighted by Crippen LogP contribution is -2.43. The summed E-state index contributed by atoms with van der Waals surface area (Å²) in [5.74, 6) is 0.530. The average Bonchev–Trinajstić information content (AvgIpc) is 3.07. The number of urea groups is 1. The average molecular weight is 328 g/mol. The van der Waals surface area contributed by atoms with Crippen LogP contribution in [0.25, 0.3) is 0 Å². The summed E-state index contributed by atoms with van der Waals surface area (Å²) < 4.78 is 5.19. The van der Waals surface area contributed by atoms with Crippen LogP contribution in [-0.2, 0) is 17.8 Å². The Bertz CT molecular complexity index is 743. The summed E-state index contributed by atoms with van der Waals surface area (Å²) in [5, 5.41) is 6.67. The first-order valence-corrected chi connectivity index (χ1v) is 8.01. The molecule has 1 aliphatic rings. The number of nitrogens with one attached hydrogen (secondary N) is 1. The molecule has 1 fully saturated rings. The minimum absolute atomic E-state index is 0.00817. The first kappa shape index (κ1) is 16.2. The molecule has 2 aromatic rings. The van der Waals surface area contributed by atoms with Crippen molar-refractivity contribution in [1.82, 2.24) is 20.4 Å². The van der Waals surface area contributed by atoms with Crippen molar-refractivity contribution in [3.63, 3.8) is 0 Å². The molecule has 0 unspecified atom stereocenters.